The van der Waals surface area contributed by atoms with E-state index in [4.69, 9.17) is 0 Å². The van der Waals surface area contributed by atoms with Gasteiger partial charge in [0, 0.05) is 45.3 Å². The fourth-order valence-electron chi connectivity index (χ4n) is 3.51. The summed E-state index contributed by atoms with van der Waals surface area (Å²) in [4.78, 5) is 30.8. The van der Waals surface area contributed by atoms with Gasteiger partial charge in [0.1, 0.15) is 6.54 Å². The molecule has 0 saturated carbocycles. The largest absolute Gasteiger partial charge is 0.339 e. The molecule has 1 aliphatic rings. The summed E-state index contributed by atoms with van der Waals surface area (Å²) < 4.78 is 0. The maximum atomic E-state index is 12.8. The number of benzene rings is 2. The second-order valence-corrected chi connectivity index (χ2v) is 7.52. The van der Waals surface area contributed by atoms with Crippen molar-refractivity contribution in [2.75, 3.05) is 37.6 Å². The summed E-state index contributed by atoms with van der Waals surface area (Å²) in [5.74, 6) is -0.105. The molecule has 0 atom stereocenters. The van der Waals surface area contributed by atoms with Crippen molar-refractivity contribution in [3.8, 4) is 0 Å². The van der Waals surface area contributed by atoms with E-state index in [2.05, 4.69) is 29.2 Å². The predicted molar refractivity (Wildman–Crippen MR) is 112 cm³/mol. The fourth-order valence-corrected chi connectivity index (χ4v) is 3.51. The molecule has 1 saturated heterocycles. The van der Waals surface area contributed by atoms with Crippen LogP contribution in [0.4, 0.5) is 5.69 Å². The number of hydrogen-bond donors (Lipinski definition) is 0. The van der Waals surface area contributed by atoms with Crippen LogP contribution in [0, 0.1) is 13.8 Å². The van der Waals surface area contributed by atoms with Crippen LogP contribution in [0.3, 0.4) is 0 Å². The average molecular weight is 380 g/mol. The first kappa shape index (κ1) is 20.1. The van der Waals surface area contributed by atoms with Gasteiger partial charge in [0.15, 0.2) is 0 Å². The van der Waals surface area contributed by atoms with Crippen molar-refractivity contribution in [1.29, 1.82) is 0 Å². The summed E-state index contributed by atoms with van der Waals surface area (Å²) in [6.45, 7) is 9.67. The number of piperazine rings is 1. The summed E-state index contributed by atoms with van der Waals surface area (Å²) in [6.07, 6.45) is 0. The third-order valence-corrected chi connectivity index (χ3v) is 5.45. The summed E-state index contributed by atoms with van der Waals surface area (Å²) in [5.41, 5.74) is 4.37. The molecular formula is C23H29N3O2. The molecule has 0 unspecified atom stereocenters. The summed E-state index contributed by atoms with van der Waals surface area (Å²) >= 11 is 0. The zero-order valence-electron chi connectivity index (χ0n) is 17.0. The Morgan fingerprint density at radius 1 is 0.929 bits per heavy atom. The Morgan fingerprint density at radius 2 is 1.61 bits per heavy atom. The monoisotopic (exact) mass is 379 g/mol. The van der Waals surface area contributed by atoms with Gasteiger partial charge in [0.25, 0.3) is 0 Å². The van der Waals surface area contributed by atoms with E-state index in [0.29, 0.717) is 13.1 Å². The predicted octanol–water partition coefficient (Wildman–Crippen LogP) is 3.00. The van der Waals surface area contributed by atoms with E-state index in [1.807, 2.05) is 43.0 Å². The van der Waals surface area contributed by atoms with E-state index in [0.717, 1.165) is 30.9 Å². The third kappa shape index (κ3) is 4.98. The topological polar surface area (TPSA) is 43.9 Å². The van der Waals surface area contributed by atoms with Crippen molar-refractivity contribution in [2.45, 2.75) is 27.3 Å². The smallest absolute Gasteiger partial charge is 0.242 e. The summed E-state index contributed by atoms with van der Waals surface area (Å²) in [6, 6.07) is 16.3. The molecule has 3 rings (SSSR count). The molecule has 28 heavy (non-hydrogen) atoms. The van der Waals surface area contributed by atoms with E-state index in [9.17, 15) is 9.59 Å². The molecule has 5 nitrogen and oxygen atoms in total. The van der Waals surface area contributed by atoms with Crippen molar-refractivity contribution >= 4 is 17.5 Å². The maximum Gasteiger partial charge on any atom is 0.242 e. The van der Waals surface area contributed by atoms with Crippen molar-refractivity contribution in [1.82, 2.24) is 9.80 Å². The molecule has 0 N–H and O–H groups in total. The molecule has 0 spiro atoms. The second-order valence-electron chi connectivity index (χ2n) is 7.52. The minimum Gasteiger partial charge on any atom is -0.339 e. The van der Waals surface area contributed by atoms with Gasteiger partial charge in [0.05, 0.1) is 0 Å². The van der Waals surface area contributed by atoms with Gasteiger partial charge < -0.3 is 9.80 Å². The van der Waals surface area contributed by atoms with Gasteiger partial charge in [-0.1, -0.05) is 36.4 Å². The number of carbonyl (C=O) groups is 2. The van der Waals surface area contributed by atoms with E-state index >= 15 is 0 Å². The normalized spacial score (nSPS) is 14.8. The van der Waals surface area contributed by atoms with Crippen LogP contribution in [0.5, 0.6) is 0 Å². The van der Waals surface area contributed by atoms with Gasteiger partial charge in [-0.15, -0.1) is 0 Å². The van der Waals surface area contributed by atoms with Crippen molar-refractivity contribution in [3.05, 3.63) is 65.2 Å². The molecule has 0 radical (unpaired) electrons. The first-order chi connectivity index (χ1) is 13.4. The molecule has 148 valence electrons. The molecular weight excluding hydrogens is 350 g/mol. The van der Waals surface area contributed by atoms with E-state index in [1.165, 1.54) is 18.1 Å². The lowest BCUT2D eigenvalue weighted by molar-refractivity contribution is -0.132. The Labute approximate surface area is 167 Å². The molecule has 2 aromatic carbocycles. The van der Waals surface area contributed by atoms with Crippen LogP contribution in [0.25, 0.3) is 0 Å². The Bertz CT molecular complexity index is 827. The van der Waals surface area contributed by atoms with Crippen LogP contribution in [-0.2, 0) is 16.1 Å². The standard InChI is InChI=1S/C23H29N3O2/c1-18-9-10-22(15-19(18)2)26(20(3)27)17-23(28)25-13-11-24(12-14-25)16-21-7-5-4-6-8-21/h4-10,15H,11-14,16-17H2,1-3H3. The van der Waals surface area contributed by atoms with Crippen LogP contribution < -0.4 is 4.90 Å². The number of hydrogen-bond acceptors (Lipinski definition) is 3. The van der Waals surface area contributed by atoms with Crippen LogP contribution in [0.15, 0.2) is 48.5 Å². The zero-order valence-corrected chi connectivity index (χ0v) is 17.0. The minimum atomic E-state index is -0.112. The van der Waals surface area contributed by atoms with Crippen molar-refractivity contribution in [2.24, 2.45) is 0 Å². The van der Waals surface area contributed by atoms with E-state index in [-0.39, 0.29) is 18.4 Å². The van der Waals surface area contributed by atoms with Crippen LogP contribution in [0.1, 0.15) is 23.6 Å². The highest BCUT2D eigenvalue weighted by atomic mass is 16.2. The van der Waals surface area contributed by atoms with Gasteiger partial charge in [-0.25, -0.2) is 0 Å². The molecule has 1 fully saturated rings. The number of aryl methyl sites for hydroxylation is 2. The number of nitrogens with zero attached hydrogens (tertiary/aromatic N) is 3. The Morgan fingerprint density at radius 3 is 2.21 bits per heavy atom. The average Bonchev–Trinajstić information content (AvgIpc) is 2.69. The Kier molecular flexibility index (Phi) is 6.47. The maximum absolute atomic E-state index is 12.8. The fraction of sp³-hybridized carbons (Fsp3) is 0.391. The Balaban J connectivity index is 1.57. The highest BCUT2D eigenvalue weighted by molar-refractivity contribution is 5.97. The molecule has 1 aliphatic heterocycles. The van der Waals surface area contributed by atoms with Crippen molar-refractivity contribution in [3.63, 3.8) is 0 Å². The molecule has 2 aromatic rings. The number of anilines is 1. The first-order valence-electron chi connectivity index (χ1n) is 9.83. The third-order valence-electron chi connectivity index (χ3n) is 5.45. The van der Waals surface area contributed by atoms with E-state index in [1.54, 1.807) is 4.90 Å². The highest BCUT2D eigenvalue weighted by Gasteiger charge is 2.24. The van der Waals surface area contributed by atoms with Crippen LogP contribution in [-0.4, -0.2) is 54.3 Å². The summed E-state index contributed by atoms with van der Waals surface area (Å²) in [7, 11) is 0. The molecule has 2 amide bonds. The summed E-state index contributed by atoms with van der Waals surface area (Å²) in [5, 5.41) is 0. The van der Waals surface area contributed by atoms with Crippen molar-refractivity contribution < 1.29 is 9.59 Å². The van der Waals surface area contributed by atoms with Gasteiger partial charge in [0.2, 0.25) is 11.8 Å². The lowest BCUT2D eigenvalue weighted by Gasteiger charge is -2.35. The van der Waals surface area contributed by atoms with Crippen LogP contribution in [0.2, 0.25) is 0 Å². The second kappa shape index (κ2) is 9.02. The van der Waals surface area contributed by atoms with E-state index < -0.39 is 0 Å². The molecule has 1 heterocycles. The lowest BCUT2D eigenvalue weighted by Crippen LogP contribution is -2.51. The number of amides is 2. The highest BCUT2D eigenvalue weighted by Crippen LogP contribution is 2.19. The van der Waals surface area contributed by atoms with Gasteiger partial charge in [-0.3, -0.25) is 14.5 Å². The number of carbonyl (C=O) groups excluding carboxylic acids is 2. The number of rotatable bonds is 5. The lowest BCUT2D eigenvalue weighted by atomic mass is 10.1. The molecule has 0 aliphatic carbocycles. The molecule has 0 aromatic heterocycles. The minimum absolute atomic E-state index is 0.00721. The molecule has 5 heteroatoms. The first-order valence-corrected chi connectivity index (χ1v) is 9.83. The quantitative estimate of drug-likeness (QED) is 0.802. The van der Waals surface area contributed by atoms with Gasteiger partial charge in [-0.05, 0) is 42.7 Å². The zero-order chi connectivity index (χ0) is 20.1. The molecule has 0 bridgehead atoms. The van der Waals surface area contributed by atoms with Gasteiger partial charge in [-0.2, -0.15) is 0 Å². The van der Waals surface area contributed by atoms with Crippen LogP contribution >= 0.6 is 0 Å². The Hall–Kier alpha value is -2.66. The van der Waals surface area contributed by atoms with Gasteiger partial charge >= 0.3 is 0 Å². The SMILES string of the molecule is CC(=O)N(CC(=O)N1CCN(Cc2ccccc2)CC1)c1ccc(C)c(C)c1.